The average molecular weight is 272 g/mol. The maximum atomic E-state index is 11.7. The van der Waals surface area contributed by atoms with Crippen LogP contribution in [0.2, 0.25) is 0 Å². The van der Waals surface area contributed by atoms with Crippen LogP contribution in [0, 0.1) is 6.92 Å². The van der Waals surface area contributed by atoms with Crippen LogP contribution in [0.25, 0.3) is 0 Å². The topological polar surface area (TPSA) is 97.1 Å². The quantitative estimate of drug-likeness (QED) is 0.722. The Labute approximate surface area is 109 Å². The Morgan fingerprint density at radius 3 is 2.67 bits per heavy atom. The van der Waals surface area contributed by atoms with Crippen LogP contribution in [-0.4, -0.2) is 43.5 Å². The fourth-order valence-electron chi connectivity index (χ4n) is 1.29. The lowest BCUT2D eigenvalue weighted by Gasteiger charge is -2.10. The summed E-state index contributed by atoms with van der Waals surface area (Å²) in [5.74, 6) is -0.602. The summed E-state index contributed by atoms with van der Waals surface area (Å²) in [6.07, 6.45) is 0. The molecular weight excluding hydrogens is 256 g/mol. The molecule has 0 aromatic carbocycles. The number of carbonyl (C=O) groups is 2. The predicted octanol–water partition coefficient (Wildman–Crippen LogP) is 0.288. The highest BCUT2D eigenvalue weighted by Crippen LogP contribution is 2.16. The van der Waals surface area contributed by atoms with E-state index in [0.717, 1.165) is 11.8 Å². The van der Waals surface area contributed by atoms with Gasteiger partial charge in [-0.1, -0.05) is 11.8 Å². The first-order chi connectivity index (χ1) is 8.40. The number of carboxylic acids is 1. The summed E-state index contributed by atoms with van der Waals surface area (Å²) in [5, 5.41) is 19.5. The largest absolute Gasteiger partial charge is 0.481 e. The number of nitrogens with zero attached hydrogens (tertiary/aromatic N) is 3. The first kappa shape index (κ1) is 14.5. The molecule has 0 atom stereocenters. The van der Waals surface area contributed by atoms with Crippen LogP contribution >= 0.6 is 11.8 Å². The number of rotatable bonds is 6. The summed E-state index contributed by atoms with van der Waals surface area (Å²) in [6.45, 7) is 5.56. The van der Waals surface area contributed by atoms with E-state index in [0.29, 0.717) is 11.0 Å². The highest BCUT2D eigenvalue weighted by Gasteiger charge is 2.14. The Hall–Kier alpha value is -1.57. The van der Waals surface area contributed by atoms with Crippen LogP contribution in [0.5, 0.6) is 0 Å². The van der Waals surface area contributed by atoms with Crippen molar-refractivity contribution in [1.29, 1.82) is 0 Å². The van der Waals surface area contributed by atoms with Crippen LogP contribution in [0.1, 0.15) is 19.7 Å². The molecule has 0 saturated carbocycles. The number of nitrogens with one attached hydrogen (secondary N) is 1. The number of hydrogen-bond donors (Lipinski definition) is 2. The van der Waals surface area contributed by atoms with E-state index < -0.39 is 5.97 Å². The molecule has 7 nitrogen and oxygen atoms in total. The second kappa shape index (κ2) is 6.39. The summed E-state index contributed by atoms with van der Waals surface area (Å²) in [7, 11) is 0. The molecular formula is C10H16N4O3S. The Bertz CT molecular complexity index is 444. The van der Waals surface area contributed by atoms with Crippen molar-refractivity contribution in [1.82, 2.24) is 20.1 Å². The van der Waals surface area contributed by atoms with Crippen molar-refractivity contribution in [2.24, 2.45) is 0 Å². The number of aryl methyl sites for hydroxylation is 1. The molecule has 18 heavy (non-hydrogen) atoms. The van der Waals surface area contributed by atoms with Crippen molar-refractivity contribution in [3.63, 3.8) is 0 Å². The maximum absolute atomic E-state index is 11.7. The minimum Gasteiger partial charge on any atom is -0.481 e. The van der Waals surface area contributed by atoms with E-state index >= 15 is 0 Å². The van der Waals surface area contributed by atoms with E-state index in [-0.39, 0.29) is 24.2 Å². The van der Waals surface area contributed by atoms with Gasteiger partial charge in [-0.3, -0.25) is 14.2 Å². The summed E-state index contributed by atoms with van der Waals surface area (Å²) >= 11 is 1.05. The van der Waals surface area contributed by atoms with E-state index in [9.17, 15) is 9.59 Å². The summed E-state index contributed by atoms with van der Waals surface area (Å²) < 4.78 is 1.60. The van der Waals surface area contributed by atoms with Crippen molar-refractivity contribution in [2.45, 2.75) is 38.5 Å². The van der Waals surface area contributed by atoms with Gasteiger partial charge in [0.25, 0.3) is 0 Å². The van der Waals surface area contributed by atoms with Gasteiger partial charge in [0, 0.05) is 6.04 Å². The molecule has 1 aromatic heterocycles. The molecule has 1 amide bonds. The van der Waals surface area contributed by atoms with E-state index in [2.05, 4.69) is 15.5 Å². The number of amides is 1. The number of hydrogen-bond acceptors (Lipinski definition) is 5. The predicted molar refractivity (Wildman–Crippen MR) is 66.4 cm³/mol. The summed E-state index contributed by atoms with van der Waals surface area (Å²) in [5.41, 5.74) is 0. The number of carbonyl (C=O) groups excluding carboxylic acids is 1. The lowest BCUT2D eigenvalue weighted by Crippen LogP contribution is -2.33. The average Bonchev–Trinajstić information content (AvgIpc) is 2.56. The van der Waals surface area contributed by atoms with Gasteiger partial charge in [-0.25, -0.2) is 0 Å². The number of aliphatic carboxylic acids is 1. The monoisotopic (exact) mass is 272 g/mol. The fraction of sp³-hybridized carbons (Fsp3) is 0.600. The fourth-order valence-corrected chi connectivity index (χ4v) is 1.99. The lowest BCUT2D eigenvalue weighted by molar-refractivity contribution is -0.133. The number of carboxylic acid groups (broad SMARTS) is 1. The van der Waals surface area contributed by atoms with Gasteiger partial charge in [-0.2, -0.15) is 0 Å². The van der Waals surface area contributed by atoms with Gasteiger partial charge in [0.1, 0.15) is 12.4 Å². The standard InChI is InChI=1S/C10H16N4O3S/c1-6(2)11-8(15)4-14-7(3)12-13-10(14)18-5-9(16)17/h6H,4-5H2,1-3H3,(H,11,15)(H,16,17). The molecule has 0 bridgehead atoms. The van der Waals surface area contributed by atoms with Crippen LogP contribution in [0.15, 0.2) is 5.16 Å². The van der Waals surface area contributed by atoms with Gasteiger partial charge in [-0.05, 0) is 20.8 Å². The summed E-state index contributed by atoms with van der Waals surface area (Å²) in [6, 6.07) is 0.0596. The Balaban J connectivity index is 2.71. The van der Waals surface area contributed by atoms with Crippen molar-refractivity contribution in [2.75, 3.05) is 5.75 Å². The molecule has 1 rings (SSSR count). The molecule has 8 heteroatoms. The third-order valence-corrected chi connectivity index (χ3v) is 2.93. The Morgan fingerprint density at radius 2 is 2.11 bits per heavy atom. The molecule has 0 saturated heterocycles. The molecule has 0 aliphatic heterocycles. The Morgan fingerprint density at radius 1 is 1.44 bits per heavy atom. The third-order valence-electron chi connectivity index (χ3n) is 1.98. The molecule has 0 aliphatic rings. The molecule has 100 valence electrons. The smallest absolute Gasteiger partial charge is 0.313 e. The number of thioether (sulfide) groups is 1. The van der Waals surface area contributed by atoms with Gasteiger partial charge in [0.05, 0.1) is 5.75 Å². The van der Waals surface area contributed by atoms with Crippen LogP contribution in [-0.2, 0) is 16.1 Å². The molecule has 0 aliphatic carbocycles. The first-order valence-electron chi connectivity index (χ1n) is 5.44. The van der Waals surface area contributed by atoms with Crippen molar-refractivity contribution >= 4 is 23.6 Å². The summed E-state index contributed by atoms with van der Waals surface area (Å²) in [4.78, 5) is 22.2. The van der Waals surface area contributed by atoms with Gasteiger partial charge in [0.2, 0.25) is 5.91 Å². The van der Waals surface area contributed by atoms with E-state index in [1.54, 1.807) is 11.5 Å². The number of aromatic nitrogens is 3. The van der Waals surface area contributed by atoms with Crippen LogP contribution in [0.4, 0.5) is 0 Å². The van der Waals surface area contributed by atoms with Crippen LogP contribution < -0.4 is 5.32 Å². The van der Waals surface area contributed by atoms with Gasteiger partial charge >= 0.3 is 5.97 Å². The minimum atomic E-state index is -0.932. The molecule has 0 unspecified atom stereocenters. The van der Waals surface area contributed by atoms with E-state index in [4.69, 9.17) is 5.11 Å². The highest BCUT2D eigenvalue weighted by molar-refractivity contribution is 7.99. The Kier molecular flexibility index (Phi) is 5.14. The maximum Gasteiger partial charge on any atom is 0.313 e. The lowest BCUT2D eigenvalue weighted by atomic mass is 10.4. The van der Waals surface area contributed by atoms with Crippen LogP contribution in [0.3, 0.4) is 0 Å². The van der Waals surface area contributed by atoms with E-state index in [1.807, 2.05) is 13.8 Å². The second-order valence-corrected chi connectivity index (χ2v) is 4.96. The minimum absolute atomic E-state index is 0.0596. The van der Waals surface area contributed by atoms with Crippen molar-refractivity contribution < 1.29 is 14.7 Å². The molecule has 2 N–H and O–H groups in total. The molecule has 1 heterocycles. The first-order valence-corrected chi connectivity index (χ1v) is 6.42. The van der Waals surface area contributed by atoms with Crippen molar-refractivity contribution in [3.8, 4) is 0 Å². The normalized spacial score (nSPS) is 10.7. The van der Waals surface area contributed by atoms with Gasteiger partial charge < -0.3 is 10.4 Å². The van der Waals surface area contributed by atoms with Gasteiger partial charge in [0.15, 0.2) is 5.16 Å². The zero-order valence-electron chi connectivity index (χ0n) is 10.5. The van der Waals surface area contributed by atoms with Gasteiger partial charge in [-0.15, -0.1) is 10.2 Å². The molecule has 1 aromatic rings. The van der Waals surface area contributed by atoms with Crippen molar-refractivity contribution in [3.05, 3.63) is 5.82 Å². The van der Waals surface area contributed by atoms with E-state index in [1.165, 1.54) is 0 Å². The highest BCUT2D eigenvalue weighted by atomic mass is 32.2. The zero-order chi connectivity index (χ0) is 13.7. The zero-order valence-corrected chi connectivity index (χ0v) is 11.3. The molecule has 0 radical (unpaired) electrons. The third kappa shape index (κ3) is 4.36. The molecule has 0 fully saturated rings. The molecule has 0 spiro atoms. The second-order valence-electron chi connectivity index (χ2n) is 4.02. The SMILES string of the molecule is Cc1nnc(SCC(=O)O)n1CC(=O)NC(C)C.